The molecule has 0 bridgehead atoms. The summed E-state index contributed by atoms with van der Waals surface area (Å²) in [6.45, 7) is 2.11. The molecule has 0 aliphatic carbocycles. The third-order valence-electron chi connectivity index (χ3n) is 4.63. The van der Waals surface area contributed by atoms with Crippen molar-refractivity contribution in [2.24, 2.45) is 5.73 Å². The fourth-order valence-electron chi connectivity index (χ4n) is 3.45. The topological polar surface area (TPSA) is 71.5 Å². The zero-order valence-electron chi connectivity index (χ0n) is 16.6. The predicted octanol–water partition coefficient (Wildman–Crippen LogP) is 4.70. The van der Waals surface area contributed by atoms with E-state index in [1.807, 2.05) is 48.1 Å². The number of carboxylic acids is 1. The number of carboxylic acid groups (broad SMARTS) is 1. The lowest BCUT2D eigenvalue weighted by molar-refractivity contribution is 0.0697. The number of halogens is 1. The lowest BCUT2D eigenvalue weighted by atomic mass is 10.0. The molecule has 0 radical (unpaired) electrons. The second-order valence-corrected chi connectivity index (χ2v) is 8.29. The summed E-state index contributed by atoms with van der Waals surface area (Å²) < 4.78 is 18.2. The molecular formula is C22H24FN3O2S. The predicted molar refractivity (Wildman–Crippen MR) is 117 cm³/mol. The minimum absolute atomic E-state index is 0.0537. The van der Waals surface area contributed by atoms with E-state index in [1.165, 1.54) is 6.08 Å². The van der Waals surface area contributed by atoms with E-state index in [4.69, 9.17) is 5.73 Å². The molecule has 152 valence electrons. The summed E-state index contributed by atoms with van der Waals surface area (Å²) in [7, 11) is 3.94. The number of allylic oxidation sites excluding steroid dienone is 1. The minimum Gasteiger partial charge on any atom is -0.478 e. The van der Waals surface area contributed by atoms with E-state index in [2.05, 4.69) is 6.07 Å². The van der Waals surface area contributed by atoms with Gasteiger partial charge in [0.25, 0.3) is 0 Å². The molecule has 1 aromatic heterocycles. The van der Waals surface area contributed by atoms with Crippen LogP contribution < -0.4 is 5.73 Å². The van der Waals surface area contributed by atoms with Gasteiger partial charge in [0, 0.05) is 33.6 Å². The maximum Gasteiger partial charge on any atom is 0.335 e. The first-order valence-corrected chi connectivity index (χ1v) is 9.95. The van der Waals surface area contributed by atoms with Gasteiger partial charge < -0.3 is 15.4 Å². The third-order valence-corrected chi connectivity index (χ3v) is 5.46. The molecule has 7 heteroatoms. The van der Waals surface area contributed by atoms with Crippen LogP contribution in [-0.4, -0.2) is 40.6 Å². The Hall–Kier alpha value is -2.61. The van der Waals surface area contributed by atoms with Gasteiger partial charge in [0.15, 0.2) is 0 Å². The Morgan fingerprint density at radius 3 is 2.69 bits per heavy atom. The molecule has 0 saturated heterocycles. The normalized spacial score (nSPS) is 12.1. The highest BCUT2D eigenvalue weighted by atomic mass is 32.2. The van der Waals surface area contributed by atoms with E-state index in [0.29, 0.717) is 0 Å². The number of hydrogen-bond acceptors (Lipinski definition) is 4. The summed E-state index contributed by atoms with van der Waals surface area (Å²) in [6.07, 6.45) is 1.35. The Labute approximate surface area is 173 Å². The quantitative estimate of drug-likeness (QED) is 0.550. The summed E-state index contributed by atoms with van der Waals surface area (Å²) >= 11 is 1.60. The van der Waals surface area contributed by atoms with E-state index in [9.17, 15) is 14.3 Å². The molecule has 3 N–H and O–H groups in total. The van der Waals surface area contributed by atoms with Crippen LogP contribution in [0.5, 0.6) is 0 Å². The first-order chi connectivity index (χ1) is 13.8. The van der Waals surface area contributed by atoms with Crippen LogP contribution in [0, 0.1) is 6.92 Å². The average Bonchev–Trinajstić information content (AvgIpc) is 2.92. The van der Waals surface area contributed by atoms with Crippen molar-refractivity contribution >= 4 is 28.8 Å². The first kappa shape index (κ1) is 21.1. The Kier molecular flexibility index (Phi) is 6.42. The number of aromatic carboxylic acids is 1. The monoisotopic (exact) mass is 413 g/mol. The molecule has 3 aromatic rings. The lowest BCUT2D eigenvalue weighted by Gasteiger charge is -2.11. The van der Waals surface area contributed by atoms with Gasteiger partial charge in [-0.15, -0.1) is 0 Å². The van der Waals surface area contributed by atoms with Crippen molar-refractivity contribution < 1.29 is 14.3 Å². The van der Waals surface area contributed by atoms with Gasteiger partial charge in [-0.05, 0) is 74.9 Å². The number of benzene rings is 2. The average molecular weight is 414 g/mol. The van der Waals surface area contributed by atoms with Gasteiger partial charge in [-0.25, -0.2) is 9.18 Å². The Morgan fingerprint density at radius 2 is 2.03 bits per heavy atom. The van der Waals surface area contributed by atoms with Crippen LogP contribution in [0.3, 0.4) is 0 Å². The van der Waals surface area contributed by atoms with Crippen LogP contribution in [0.2, 0.25) is 0 Å². The van der Waals surface area contributed by atoms with Crippen LogP contribution in [0.25, 0.3) is 22.0 Å². The van der Waals surface area contributed by atoms with Crippen molar-refractivity contribution in [3.63, 3.8) is 0 Å². The van der Waals surface area contributed by atoms with Crippen molar-refractivity contribution in [3.05, 3.63) is 65.6 Å². The molecule has 3 rings (SSSR count). The van der Waals surface area contributed by atoms with E-state index < -0.39 is 5.97 Å². The van der Waals surface area contributed by atoms with Crippen molar-refractivity contribution in [3.8, 4) is 11.1 Å². The van der Waals surface area contributed by atoms with Crippen LogP contribution >= 0.6 is 11.9 Å². The highest BCUT2D eigenvalue weighted by Crippen LogP contribution is 2.37. The Balaban J connectivity index is 2.24. The smallest absolute Gasteiger partial charge is 0.335 e. The number of rotatable bonds is 7. The van der Waals surface area contributed by atoms with Gasteiger partial charge in [0.2, 0.25) is 0 Å². The molecular weight excluding hydrogens is 389 g/mol. The molecule has 0 spiro atoms. The number of aromatic nitrogens is 1. The van der Waals surface area contributed by atoms with Crippen molar-refractivity contribution in [1.29, 1.82) is 0 Å². The largest absolute Gasteiger partial charge is 0.478 e. The fraction of sp³-hybridized carbons (Fsp3) is 0.227. The molecule has 0 amide bonds. The molecule has 0 aliphatic rings. The van der Waals surface area contributed by atoms with Crippen LogP contribution in [-0.2, 0) is 6.54 Å². The maximum absolute atomic E-state index is 14.3. The third kappa shape index (κ3) is 4.53. The van der Waals surface area contributed by atoms with Gasteiger partial charge in [-0.3, -0.25) is 4.31 Å². The number of carbonyl (C=O) groups is 1. The molecule has 0 fully saturated rings. The lowest BCUT2D eigenvalue weighted by Crippen LogP contribution is -2.03. The van der Waals surface area contributed by atoms with E-state index >= 15 is 0 Å². The molecule has 5 nitrogen and oxygen atoms in total. The summed E-state index contributed by atoms with van der Waals surface area (Å²) in [4.78, 5) is 12.6. The van der Waals surface area contributed by atoms with Crippen LogP contribution in [0.15, 0.2) is 59.3 Å². The van der Waals surface area contributed by atoms with E-state index in [-0.39, 0.29) is 24.5 Å². The standard InChI is InChI=1S/C22H24FN3O2S/c1-14-21(15-5-4-6-18(11-15)29-25(2)3)19-12-16(22(27)28)7-8-20(19)26(14)13-17(23)9-10-24/h4-9,11-12H,10,13,24H2,1-3H3,(H,27,28)/b17-9-. The highest BCUT2D eigenvalue weighted by Gasteiger charge is 2.18. The SMILES string of the molecule is Cc1c(-c2cccc(SN(C)C)c2)c2cc(C(=O)O)ccc2n1C/C(F)=C/CN. The van der Waals surface area contributed by atoms with Gasteiger partial charge >= 0.3 is 5.97 Å². The molecule has 0 saturated carbocycles. The summed E-state index contributed by atoms with van der Waals surface area (Å²) in [5, 5.41) is 10.2. The first-order valence-electron chi connectivity index (χ1n) is 9.18. The number of nitrogens with zero attached hydrogens (tertiary/aromatic N) is 2. The molecule has 0 atom stereocenters. The molecule has 1 heterocycles. The Morgan fingerprint density at radius 1 is 1.28 bits per heavy atom. The second-order valence-electron chi connectivity index (χ2n) is 6.90. The molecule has 2 aromatic carbocycles. The van der Waals surface area contributed by atoms with E-state index in [0.717, 1.165) is 32.6 Å². The molecule has 29 heavy (non-hydrogen) atoms. The van der Waals surface area contributed by atoms with Gasteiger partial charge in [0.1, 0.15) is 5.83 Å². The molecule has 0 aliphatic heterocycles. The van der Waals surface area contributed by atoms with E-state index in [1.54, 1.807) is 30.1 Å². The summed E-state index contributed by atoms with van der Waals surface area (Å²) in [5.41, 5.74) is 9.17. The number of fused-ring (bicyclic) bond motifs is 1. The zero-order chi connectivity index (χ0) is 21.1. The minimum atomic E-state index is -0.991. The van der Waals surface area contributed by atoms with Gasteiger partial charge in [0.05, 0.1) is 12.1 Å². The van der Waals surface area contributed by atoms with Crippen molar-refractivity contribution in [2.45, 2.75) is 18.4 Å². The summed E-state index contributed by atoms with van der Waals surface area (Å²) in [6, 6.07) is 13.0. The molecule has 0 unspecified atom stereocenters. The van der Waals surface area contributed by atoms with Gasteiger partial charge in [-0.1, -0.05) is 12.1 Å². The number of hydrogen-bond donors (Lipinski definition) is 2. The van der Waals surface area contributed by atoms with Crippen molar-refractivity contribution in [2.75, 3.05) is 20.6 Å². The maximum atomic E-state index is 14.3. The van der Waals surface area contributed by atoms with Crippen LogP contribution in [0.4, 0.5) is 4.39 Å². The fourth-order valence-corrected chi connectivity index (χ4v) is 4.19. The second kappa shape index (κ2) is 8.82. The highest BCUT2D eigenvalue weighted by molar-refractivity contribution is 7.97. The Bertz CT molecular complexity index is 1090. The summed E-state index contributed by atoms with van der Waals surface area (Å²) in [5.74, 6) is -1.31. The van der Waals surface area contributed by atoms with Crippen LogP contribution in [0.1, 0.15) is 16.1 Å². The van der Waals surface area contributed by atoms with Crippen molar-refractivity contribution in [1.82, 2.24) is 8.87 Å². The number of nitrogens with two attached hydrogens (primary N) is 1. The van der Waals surface area contributed by atoms with Gasteiger partial charge in [-0.2, -0.15) is 0 Å². The zero-order valence-corrected chi connectivity index (χ0v) is 17.5.